The third kappa shape index (κ3) is 4.48. The van der Waals surface area contributed by atoms with Crippen molar-refractivity contribution >= 4 is 22.6 Å². The standard InChI is InChI=1S/C20H26N2O3/c1-20(2,3)25-19(23)18(15-9-12-24-13-10-15)22-16-8-4-6-14-7-5-11-21-17(14)16/h4-8,11,15,18,22H,9-10,12-13H2,1-3H3/t18-/m1/s1. The van der Waals surface area contributed by atoms with Gasteiger partial charge in [-0.25, -0.2) is 4.79 Å². The van der Waals surface area contributed by atoms with Gasteiger partial charge in [0.05, 0.1) is 11.2 Å². The molecule has 1 aromatic carbocycles. The quantitative estimate of drug-likeness (QED) is 0.857. The van der Waals surface area contributed by atoms with Gasteiger partial charge < -0.3 is 14.8 Å². The summed E-state index contributed by atoms with van der Waals surface area (Å²) in [6.07, 6.45) is 3.45. The molecule has 5 heteroatoms. The van der Waals surface area contributed by atoms with Crippen LogP contribution in [0.5, 0.6) is 0 Å². The molecule has 1 aliphatic heterocycles. The number of fused-ring (bicyclic) bond motifs is 1. The molecule has 25 heavy (non-hydrogen) atoms. The van der Waals surface area contributed by atoms with Gasteiger partial charge in [-0.15, -0.1) is 0 Å². The molecule has 0 amide bonds. The minimum Gasteiger partial charge on any atom is -0.458 e. The van der Waals surface area contributed by atoms with E-state index in [1.807, 2.05) is 51.1 Å². The molecule has 134 valence electrons. The van der Waals surface area contributed by atoms with Gasteiger partial charge in [-0.1, -0.05) is 18.2 Å². The van der Waals surface area contributed by atoms with Gasteiger partial charge in [0.2, 0.25) is 0 Å². The summed E-state index contributed by atoms with van der Waals surface area (Å²) in [5, 5.41) is 4.47. The average molecular weight is 342 g/mol. The Labute approximate surface area is 148 Å². The van der Waals surface area contributed by atoms with Crippen molar-refractivity contribution < 1.29 is 14.3 Å². The van der Waals surface area contributed by atoms with Gasteiger partial charge in [0, 0.05) is 24.8 Å². The first-order valence-electron chi connectivity index (χ1n) is 8.85. The Hall–Kier alpha value is -2.14. The molecule has 1 fully saturated rings. The molecule has 0 unspecified atom stereocenters. The molecule has 5 nitrogen and oxygen atoms in total. The van der Waals surface area contributed by atoms with E-state index in [0.717, 1.165) is 29.4 Å². The third-order valence-electron chi connectivity index (χ3n) is 4.34. The molecule has 1 aliphatic rings. The first-order chi connectivity index (χ1) is 11.9. The molecule has 0 aliphatic carbocycles. The van der Waals surface area contributed by atoms with Crippen molar-refractivity contribution in [3.63, 3.8) is 0 Å². The molecule has 1 saturated heterocycles. The van der Waals surface area contributed by atoms with Crippen molar-refractivity contribution in [2.75, 3.05) is 18.5 Å². The van der Waals surface area contributed by atoms with Crippen molar-refractivity contribution in [2.45, 2.75) is 45.3 Å². The monoisotopic (exact) mass is 342 g/mol. The van der Waals surface area contributed by atoms with Crippen LogP contribution in [0.1, 0.15) is 33.6 Å². The second-order valence-corrected chi connectivity index (χ2v) is 7.49. The van der Waals surface area contributed by atoms with Gasteiger partial charge in [-0.05, 0) is 51.7 Å². The Bertz CT molecular complexity index is 728. The molecule has 1 N–H and O–H groups in total. The van der Waals surface area contributed by atoms with E-state index in [1.165, 1.54) is 0 Å². The lowest BCUT2D eigenvalue weighted by Crippen LogP contribution is -2.43. The second-order valence-electron chi connectivity index (χ2n) is 7.49. The summed E-state index contributed by atoms with van der Waals surface area (Å²) in [7, 11) is 0. The molecule has 2 heterocycles. The molecule has 0 saturated carbocycles. The van der Waals surface area contributed by atoms with E-state index in [9.17, 15) is 4.79 Å². The van der Waals surface area contributed by atoms with Gasteiger partial charge in [-0.2, -0.15) is 0 Å². The van der Waals surface area contributed by atoms with E-state index in [1.54, 1.807) is 6.20 Å². The summed E-state index contributed by atoms with van der Waals surface area (Å²) in [5.41, 5.74) is 1.21. The summed E-state index contributed by atoms with van der Waals surface area (Å²) in [4.78, 5) is 17.3. The molecule has 2 aromatic rings. The lowest BCUT2D eigenvalue weighted by Gasteiger charge is -2.32. The SMILES string of the molecule is CC(C)(C)OC(=O)[C@H](Nc1cccc2cccnc12)C1CCOCC1. The number of para-hydroxylation sites is 1. The number of esters is 1. The summed E-state index contributed by atoms with van der Waals surface area (Å²) in [5.74, 6) is -0.0325. The predicted octanol–water partition coefficient (Wildman–Crippen LogP) is 3.78. The van der Waals surface area contributed by atoms with E-state index >= 15 is 0 Å². The molecule has 0 spiro atoms. The van der Waals surface area contributed by atoms with Crippen LogP contribution >= 0.6 is 0 Å². The number of carbonyl (C=O) groups is 1. The van der Waals surface area contributed by atoms with Gasteiger partial charge in [0.25, 0.3) is 0 Å². The van der Waals surface area contributed by atoms with Crippen molar-refractivity contribution in [3.8, 4) is 0 Å². The Kier molecular flexibility index (Phi) is 5.23. The highest BCUT2D eigenvalue weighted by Crippen LogP contribution is 2.27. The summed E-state index contributed by atoms with van der Waals surface area (Å²) in [6.45, 7) is 7.04. The summed E-state index contributed by atoms with van der Waals surface area (Å²) in [6, 6.07) is 9.48. The lowest BCUT2D eigenvalue weighted by atomic mass is 9.91. The van der Waals surface area contributed by atoms with Crippen molar-refractivity contribution in [3.05, 3.63) is 36.5 Å². The highest BCUT2D eigenvalue weighted by molar-refractivity contribution is 5.92. The minimum absolute atomic E-state index is 0.183. The average Bonchev–Trinajstić information content (AvgIpc) is 2.59. The molecule has 1 aromatic heterocycles. The van der Waals surface area contributed by atoms with Gasteiger partial charge >= 0.3 is 5.97 Å². The van der Waals surface area contributed by atoms with E-state index < -0.39 is 11.6 Å². The Morgan fingerprint density at radius 1 is 1.24 bits per heavy atom. The molecule has 0 radical (unpaired) electrons. The Morgan fingerprint density at radius 3 is 2.68 bits per heavy atom. The molecule has 0 bridgehead atoms. The number of hydrogen-bond donors (Lipinski definition) is 1. The zero-order chi connectivity index (χ0) is 17.9. The van der Waals surface area contributed by atoms with Crippen LogP contribution < -0.4 is 5.32 Å². The first-order valence-corrected chi connectivity index (χ1v) is 8.85. The number of aromatic nitrogens is 1. The van der Waals surface area contributed by atoms with E-state index in [-0.39, 0.29) is 11.9 Å². The van der Waals surface area contributed by atoms with Crippen LogP contribution in [0.2, 0.25) is 0 Å². The minimum atomic E-state index is -0.515. The number of pyridine rings is 1. The Morgan fingerprint density at radius 2 is 1.96 bits per heavy atom. The zero-order valence-electron chi connectivity index (χ0n) is 15.1. The number of carbonyl (C=O) groups excluding carboxylic acids is 1. The number of rotatable bonds is 4. The van der Waals surface area contributed by atoms with Crippen molar-refractivity contribution in [1.82, 2.24) is 4.98 Å². The number of nitrogens with zero attached hydrogens (tertiary/aromatic N) is 1. The molecule has 3 rings (SSSR count). The second kappa shape index (κ2) is 7.40. The van der Waals surface area contributed by atoms with Crippen LogP contribution in [-0.4, -0.2) is 35.8 Å². The maximum atomic E-state index is 12.9. The summed E-state index contributed by atoms with van der Waals surface area (Å²) < 4.78 is 11.1. The molecular formula is C20H26N2O3. The van der Waals surface area contributed by atoms with Gasteiger partial charge in [0.15, 0.2) is 0 Å². The maximum Gasteiger partial charge on any atom is 0.329 e. The van der Waals surface area contributed by atoms with E-state index in [0.29, 0.717) is 13.2 Å². The maximum absolute atomic E-state index is 12.9. The van der Waals surface area contributed by atoms with Crippen LogP contribution in [0.15, 0.2) is 36.5 Å². The largest absolute Gasteiger partial charge is 0.458 e. The highest BCUT2D eigenvalue weighted by Gasteiger charge is 2.33. The van der Waals surface area contributed by atoms with E-state index in [4.69, 9.17) is 9.47 Å². The number of anilines is 1. The fourth-order valence-corrected chi connectivity index (χ4v) is 3.17. The third-order valence-corrected chi connectivity index (χ3v) is 4.34. The summed E-state index contributed by atoms with van der Waals surface area (Å²) >= 11 is 0. The van der Waals surface area contributed by atoms with Crippen LogP contribution in [0.25, 0.3) is 10.9 Å². The van der Waals surface area contributed by atoms with Crippen LogP contribution in [-0.2, 0) is 14.3 Å². The number of nitrogens with one attached hydrogen (secondary N) is 1. The van der Waals surface area contributed by atoms with Crippen molar-refractivity contribution in [2.24, 2.45) is 5.92 Å². The van der Waals surface area contributed by atoms with E-state index in [2.05, 4.69) is 10.3 Å². The lowest BCUT2D eigenvalue weighted by molar-refractivity contribution is -0.157. The fraction of sp³-hybridized carbons (Fsp3) is 0.500. The number of ether oxygens (including phenoxy) is 2. The normalized spacial score (nSPS) is 17.2. The van der Waals surface area contributed by atoms with Crippen LogP contribution in [0.4, 0.5) is 5.69 Å². The first kappa shape index (κ1) is 17.7. The van der Waals surface area contributed by atoms with Crippen molar-refractivity contribution in [1.29, 1.82) is 0 Å². The Balaban J connectivity index is 1.89. The molecule has 1 atom stereocenters. The van der Waals surface area contributed by atoms with Gasteiger partial charge in [-0.3, -0.25) is 4.98 Å². The zero-order valence-corrected chi connectivity index (χ0v) is 15.1. The number of benzene rings is 1. The van der Waals surface area contributed by atoms with Gasteiger partial charge in [0.1, 0.15) is 11.6 Å². The highest BCUT2D eigenvalue weighted by atomic mass is 16.6. The van der Waals surface area contributed by atoms with Crippen LogP contribution in [0.3, 0.4) is 0 Å². The predicted molar refractivity (Wildman–Crippen MR) is 98.5 cm³/mol. The smallest absolute Gasteiger partial charge is 0.329 e. The topological polar surface area (TPSA) is 60.5 Å². The van der Waals surface area contributed by atoms with Crippen LogP contribution in [0, 0.1) is 5.92 Å². The number of hydrogen-bond acceptors (Lipinski definition) is 5. The fourth-order valence-electron chi connectivity index (χ4n) is 3.17. The molecular weight excluding hydrogens is 316 g/mol.